The molecule has 10 heteroatoms. The SMILES string of the molecule is COC12CCC(Nc3cc(-c4ccc5cc(C#N)cnn45)ncc3C(=O)NC[C@@H](F)C(C)(C)O)(CC1)CC2. The highest BCUT2D eigenvalue weighted by atomic mass is 19.1. The molecule has 3 aliphatic rings. The Bertz CT molecular complexity index is 1380. The summed E-state index contributed by atoms with van der Waals surface area (Å²) >= 11 is 0. The first-order chi connectivity index (χ1) is 18.1. The summed E-state index contributed by atoms with van der Waals surface area (Å²) in [6.07, 6.45) is 6.95. The fourth-order valence-electron chi connectivity index (χ4n) is 5.59. The molecule has 6 rings (SSSR count). The van der Waals surface area contributed by atoms with Gasteiger partial charge in [-0.25, -0.2) is 8.91 Å². The predicted octanol–water partition coefficient (Wildman–Crippen LogP) is 4.01. The van der Waals surface area contributed by atoms with Crippen LogP contribution in [0.15, 0.2) is 36.7 Å². The number of ether oxygens (including phenoxy) is 1. The lowest BCUT2D eigenvalue weighted by Gasteiger charge is -2.53. The van der Waals surface area contributed by atoms with Crippen LogP contribution in [0.5, 0.6) is 0 Å². The van der Waals surface area contributed by atoms with Gasteiger partial charge in [-0.15, -0.1) is 0 Å². The van der Waals surface area contributed by atoms with E-state index in [0.29, 0.717) is 28.2 Å². The molecular formula is C28H33FN6O3. The molecule has 1 atom stereocenters. The van der Waals surface area contributed by atoms with E-state index in [2.05, 4.69) is 26.8 Å². The van der Waals surface area contributed by atoms with Crippen LogP contribution in [-0.4, -0.2) is 62.2 Å². The predicted molar refractivity (Wildman–Crippen MR) is 140 cm³/mol. The van der Waals surface area contributed by atoms with Crippen LogP contribution in [-0.2, 0) is 4.74 Å². The summed E-state index contributed by atoms with van der Waals surface area (Å²) < 4.78 is 21.9. The van der Waals surface area contributed by atoms with Gasteiger partial charge in [0.1, 0.15) is 12.2 Å². The van der Waals surface area contributed by atoms with Crippen molar-refractivity contribution in [2.24, 2.45) is 0 Å². The van der Waals surface area contributed by atoms with Crippen molar-refractivity contribution in [1.29, 1.82) is 5.26 Å². The third-order valence-corrected chi connectivity index (χ3v) is 8.26. The van der Waals surface area contributed by atoms with Gasteiger partial charge in [-0.3, -0.25) is 9.78 Å². The van der Waals surface area contributed by atoms with Crippen LogP contribution >= 0.6 is 0 Å². The van der Waals surface area contributed by atoms with Crippen molar-refractivity contribution in [2.75, 3.05) is 19.0 Å². The second-order valence-electron chi connectivity index (χ2n) is 11.2. The zero-order valence-corrected chi connectivity index (χ0v) is 21.9. The number of pyridine rings is 1. The first kappa shape index (κ1) is 26.1. The second kappa shape index (κ2) is 9.64. The Kier molecular flexibility index (Phi) is 6.61. The fourth-order valence-corrected chi connectivity index (χ4v) is 5.59. The van der Waals surface area contributed by atoms with Crippen LogP contribution in [0.2, 0.25) is 0 Å². The molecule has 1 amide bonds. The number of methoxy groups -OCH3 is 1. The minimum absolute atomic E-state index is 0.0565. The van der Waals surface area contributed by atoms with E-state index in [1.807, 2.05) is 18.2 Å². The maximum atomic E-state index is 14.4. The highest BCUT2D eigenvalue weighted by Crippen LogP contribution is 2.50. The van der Waals surface area contributed by atoms with E-state index in [9.17, 15) is 19.6 Å². The monoisotopic (exact) mass is 520 g/mol. The molecule has 3 aromatic rings. The molecule has 3 N–H and O–H groups in total. The summed E-state index contributed by atoms with van der Waals surface area (Å²) in [4.78, 5) is 17.8. The molecule has 38 heavy (non-hydrogen) atoms. The van der Waals surface area contributed by atoms with Crippen molar-refractivity contribution in [3.05, 3.63) is 47.8 Å². The number of aliphatic hydroxyl groups is 1. The van der Waals surface area contributed by atoms with Crippen LogP contribution in [0.25, 0.3) is 16.9 Å². The lowest BCUT2D eigenvalue weighted by molar-refractivity contribution is -0.0889. The molecule has 0 radical (unpaired) electrons. The summed E-state index contributed by atoms with van der Waals surface area (Å²) in [5.41, 5.74) is 1.66. The van der Waals surface area contributed by atoms with Crippen LogP contribution in [0.3, 0.4) is 0 Å². The maximum absolute atomic E-state index is 14.4. The van der Waals surface area contributed by atoms with Crippen molar-refractivity contribution in [3.63, 3.8) is 0 Å². The van der Waals surface area contributed by atoms with Gasteiger partial charge < -0.3 is 20.5 Å². The number of anilines is 1. The number of carbonyl (C=O) groups is 1. The number of halogens is 1. The lowest BCUT2D eigenvalue weighted by atomic mass is 9.63. The highest BCUT2D eigenvalue weighted by Gasteiger charge is 2.49. The number of amides is 1. The molecule has 200 valence electrons. The zero-order chi connectivity index (χ0) is 27.1. The number of nitriles is 1. The normalized spacial score (nSPS) is 23.7. The van der Waals surface area contributed by atoms with Gasteiger partial charge in [0.25, 0.3) is 5.91 Å². The van der Waals surface area contributed by atoms with E-state index in [0.717, 1.165) is 44.0 Å². The van der Waals surface area contributed by atoms with Crippen molar-refractivity contribution >= 4 is 17.1 Å². The lowest BCUT2D eigenvalue weighted by Crippen LogP contribution is -2.54. The molecule has 3 heterocycles. The van der Waals surface area contributed by atoms with Gasteiger partial charge in [0.2, 0.25) is 0 Å². The van der Waals surface area contributed by atoms with Gasteiger partial charge in [-0.05, 0) is 76.6 Å². The van der Waals surface area contributed by atoms with E-state index >= 15 is 0 Å². The number of alkyl halides is 1. The topological polar surface area (TPSA) is 125 Å². The molecule has 0 unspecified atom stereocenters. The minimum Gasteiger partial charge on any atom is -0.387 e. The van der Waals surface area contributed by atoms with Crippen molar-refractivity contribution in [2.45, 2.75) is 75.3 Å². The summed E-state index contributed by atoms with van der Waals surface area (Å²) in [6.45, 7) is 2.42. The first-order valence-corrected chi connectivity index (χ1v) is 12.9. The summed E-state index contributed by atoms with van der Waals surface area (Å²) in [5, 5.41) is 29.8. The van der Waals surface area contributed by atoms with Gasteiger partial charge in [0, 0.05) is 18.8 Å². The van der Waals surface area contributed by atoms with Gasteiger partial charge in [0.15, 0.2) is 0 Å². The molecule has 0 aliphatic heterocycles. The number of nitrogens with zero attached hydrogens (tertiary/aromatic N) is 4. The molecule has 2 bridgehead atoms. The number of carbonyl (C=O) groups excluding carboxylic acids is 1. The third-order valence-electron chi connectivity index (χ3n) is 8.26. The number of aromatic nitrogens is 3. The van der Waals surface area contributed by atoms with Gasteiger partial charge >= 0.3 is 0 Å². The first-order valence-electron chi connectivity index (χ1n) is 12.9. The Morgan fingerprint density at radius 2 is 1.95 bits per heavy atom. The van der Waals surface area contributed by atoms with E-state index in [-0.39, 0.29) is 17.7 Å². The average molecular weight is 521 g/mol. The Morgan fingerprint density at radius 3 is 2.58 bits per heavy atom. The maximum Gasteiger partial charge on any atom is 0.255 e. The Morgan fingerprint density at radius 1 is 1.24 bits per heavy atom. The van der Waals surface area contributed by atoms with E-state index in [1.165, 1.54) is 26.2 Å². The number of rotatable bonds is 8. The highest BCUT2D eigenvalue weighted by molar-refractivity contribution is 6.00. The summed E-state index contributed by atoms with van der Waals surface area (Å²) in [5.74, 6) is -0.468. The number of hydrogen-bond donors (Lipinski definition) is 3. The molecule has 3 aromatic heterocycles. The zero-order valence-electron chi connectivity index (χ0n) is 21.9. The number of hydrogen-bond acceptors (Lipinski definition) is 7. The van der Waals surface area contributed by atoms with Crippen LogP contribution in [0, 0.1) is 11.3 Å². The van der Waals surface area contributed by atoms with Gasteiger partial charge in [-0.1, -0.05) is 0 Å². The minimum atomic E-state index is -1.62. The van der Waals surface area contributed by atoms with Crippen LogP contribution in [0.1, 0.15) is 68.3 Å². The van der Waals surface area contributed by atoms with E-state index in [1.54, 1.807) is 17.7 Å². The van der Waals surface area contributed by atoms with Crippen molar-refractivity contribution in [1.82, 2.24) is 19.9 Å². The number of nitrogens with one attached hydrogen (secondary N) is 2. The van der Waals surface area contributed by atoms with Crippen LogP contribution in [0.4, 0.5) is 10.1 Å². The Hall–Kier alpha value is -3.55. The quantitative estimate of drug-likeness (QED) is 0.410. The van der Waals surface area contributed by atoms with Crippen LogP contribution < -0.4 is 10.6 Å². The molecule has 3 aliphatic carbocycles. The van der Waals surface area contributed by atoms with E-state index in [4.69, 9.17) is 4.74 Å². The Balaban J connectivity index is 1.49. The fraction of sp³-hybridized carbons (Fsp3) is 0.500. The van der Waals surface area contributed by atoms with E-state index < -0.39 is 17.7 Å². The molecule has 0 spiro atoms. The standard InChI is InChI=1S/C28H33FN6O3/c1-26(2,37)24(29)17-32-25(36)20-16-31-22(23-5-4-19-12-18(14-30)15-33-35(19)23)13-21(20)34-27-6-9-28(38-3,10-7-27)11-8-27/h4-5,12-13,15-16,24,37H,6-11,17H2,1-3H3,(H,31,34)(H,32,36)/t24-,27?,28?/m1/s1. The van der Waals surface area contributed by atoms with Gasteiger partial charge in [0.05, 0.1) is 57.7 Å². The molecule has 0 aromatic carbocycles. The second-order valence-corrected chi connectivity index (χ2v) is 11.2. The largest absolute Gasteiger partial charge is 0.387 e. The molecule has 0 saturated heterocycles. The molecule has 9 nitrogen and oxygen atoms in total. The van der Waals surface area contributed by atoms with Crippen molar-refractivity contribution < 1.29 is 19.0 Å². The Labute approximate surface area is 221 Å². The molecule has 3 fully saturated rings. The smallest absolute Gasteiger partial charge is 0.255 e. The number of fused-ring (bicyclic) bond motifs is 4. The molecular weight excluding hydrogens is 487 g/mol. The summed E-state index contributed by atoms with van der Waals surface area (Å²) in [7, 11) is 1.78. The van der Waals surface area contributed by atoms with Gasteiger partial charge in [-0.2, -0.15) is 10.4 Å². The van der Waals surface area contributed by atoms with Crippen molar-refractivity contribution in [3.8, 4) is 17.5 Å². The third kappa shape index (κ3) is 4.84. The summed E-state index contributed by atoms with van der Waals surface area (Å²) in [6, 6.07) is 9.42. The molecule has 3 saturated carbocycles. The average Bonchev–Trinajstić information content (AvgIpc) is 3.35.